The molecule has 1 saturated carbocycles. The number of carboxylic acids is 1. The van der Waals surface area contributed by atoms with Crippen molar-refractivity contribution >= 4 is 5.97 Å². The van der Waals surface area contributed by atoms with Gasteiger partial charge >= 0.3 is 5.97 Å². The number of aliphatic carboxylic acids is 1. The van der Waals surface area contributed by atoms with E-state index in [1.54, 1.807) is 7.11 Å². The minimum Gasteiger partial charge on any atom is -0.481 e. The lowest BCUT2D eigenvalue weighted by molar-refractivity contribution is -0.137. The van der Waals surface area contributed by atoms with Crippen LogP contribution in [0, 0.1) is 11.8 Å². The first kappa shape index (κ1) is 12.5. The maximum absolute atomic E-state index is 10.5. The Labute approximate surface area is 90.8 Å². The fourth-order valence-corrected chi connectivity index (χ4v) is 2.52. The van der Waals surface area contributed by atoms with E-state index in [9.17, 15) is 4.79 Å². The first-order valence-electron chi connectivity index (χ1n) is 5.54. The number of hydrogen-bond acceptors (Lipinski definition) is 3. The molecule has 1 fully saturated rings. The Balaban J connectivity index is 2.42. The van der Waals surface area contributed by atoms with Crippen LogP contribution in [0.1, 0.15) is 32.6 Å². The third-order valence-electron chi connectivity index (χ3n) is 3.45. The highest BCUT2D eigenvalue weighted by Crippen LogP contribution is 2.32. The molecule has 4 atom stereocenters. The van der Waals surface area contributed by atoms with Gasteiger partial charge in [-0.3, -0.25) is 4.79 Å². The first-order valence-corrected chi connectivity index (χ1v) is 5.54. The van der Waals surface area contributed by atoms with E-state index in [0.717, 1.165) is 19.3 Å². The second-order valence-corrected chi connectivity index (χ2v) is 4.59. The molecule has 3 N–H and O–H groups in total. The van der Waals surface area contributed by atoms with E-state index in [1.165, 1.54) is 0 Å². The topological polar surface area (TPSA) is 72.5 Å². The number of hydrogen-bond donors (Lipinski definition) is 2. The minimum absolute atomic E-state index is 0.0784. The molecule has 1 aliphatic rings. The smallest absolute Gasteiger partial charge is 0.304 e. The number of rotatable bonds is 4. The third-order valence-corrected chi connectivity index (χ3v) is 3.45. The van der Waals surface area contributed by atoms with Crippen LogP contribution in [0.3, 0.4) is 0 Å². The van der Waals surface area contributed by atoms with E-state index < -0.39 is 5.97 Å². The Bertz CT molecular complexity index is 220. The number of nitrogens with two attached hydrogens (primary N) is 1. The summed E-state index contributed by atoms with van der Waals surface area (Å²) in [5.74, 6) is 0.0140. The van der Waals surface area contributed by atoms with Crippen molar-refractivity contribution in [3.63, 3.8) is 0 Å². The molecule has 0 aromatic carbocycles. The molecule has 4 heteroatoms. The Morgan fingerprint density at radius 1 is 1.60 bits per heavy atom. The largest absolute Gasteiger partial charge is 0.481 e. The van der Waals surface area contributed by atoms with Crippen LogP contribution in [0.15, 0.2) is 0 Å². The summed E-state index contributed by atoms with van der Waals surface area (Å²) in [6.45, 7) is 2.15. The molecule has 0 bridgehead atoms. The number of carboxylic acid groups (broad SMARTS) is 1. The predicted octanol–water partition coefficient (Wildman–Crippen LogP) is 1.24. The van der Waals surface area contributed by atoms with Crippen LogP contribution in [-0.2, 0) is 9.53 Å². The van der Waals surface area contributed by atoms with Crippen molar-refractivity contribution in [3.05, 3.63) is 0 Å². The van der Waals surface area contributed by atoms with Crippen molar-refractivity contribution in [1.82, 2.24) is 0 Å². The zero-order valence-corrected chi connectivity index (χ0v) is 9.48. The molecule has 0 spiro atoms. The van der Waals surface area contributed by atoms with E-state index >= 15 is 0 Å². The van der Waals surface area contributed by atoms with Crippen molar-refractivity contribution in [3.8, 4) is 0 Å². The maximum Gasteiger partial charge on any atom is 0.304 e. The quantitative estimate of drug-likeness (QED) is 0.740. The number of ether oxygens (including phenoxy) is 1. The van der Waals surface area contributed by atoms with Gasteiger partial charge in [-0.25, -0.2) is 0 Å². The second-order valence-electron chi connectivity index (χ2n) is 4.59. The van der Waals surface area contributed by atoms with Crippen LogP contribution >= 0.6 is 0 Å². The molecule has 0 heterocycles. The SMILES string of the molecule is COC1CCC(C(N)CC(=O)O)CC1C. The van der Waals surface area contributed by atoms with Crippen molar-refractivity contribution in [2.24, 2.45) is 17.6 Å². The summed E-state index contributed by atoms with van der Waals surface area (Å²) in [5, 5.41) is 8.67. The highest BCUT2D eigenvalue weighted by atomic mass is 16.5. The highest BCUT2D eigenvalue weighted by Gasteiger charge is 2.31. The molecule has 4 unspecified atom stereocenters. The monoisotopic (exact) mass is 215 g/mol. The Morgan fingerprint density at radius 2 is 2.27 bits per heavy atom. The van der Waals surface area contributed by atoms with Crippen LogP contribution in [0.25, 0.3) is 0 Å². The lowest BCUT2D eigenvalue weighted by Gasteiger charge is -2.35. The molecule has 15 heavy (non-hydrogen) atoms. The minimum atomic E-state index is -0.802. The van der Waals surface area contributed by atoms with Gasteiger partial charge in [0.15, 0.2) is 0 Å². The van der Waals surface area contributed by atoms with Crippen molar-refractivity contribution < 1.29 is 14.6 Å². The highest BCUT2D eigenvalue weighted by molar-refractivity contribution is 5.67. The fraction of sp³-hybridized carbons (Fsp3) is 0.909. The standard InChI is InChI=1S/C11H21NO3/c1-7-5-8(3-4-10(7)15-2)9(12)6-11(13)14/h7-10H,3-6,12H2,1-2H3,(H,13,14). The van der Waals surface area contributed by atoms with Gasteiger partial charge in [0.2, 0.25) is 0 Å². The van der Waals surface area contributed by atoms with Gasteiger partial charge in [0.25, 0.3) is 0 Å². The van der Waals surface area contributed by atoms with Gasteiger partial charge in [-0.1, -0.05) is 6.92 Å². The van der Waals surface area contributed by atoms with Crippen molar-refractivity contribution in [1.29, 1.82) is 0 Å². The maximum atomic E-state index is 10.5. The van der Waals surface area contributed by atoms with E-state index in [4.69, 9.17) is 15.6 Å². The lowest BCUT2D eigenvalue weighted by atomic mass is 9.76. The second kappa shape index (κ2) is 5.47. The summed E-state index contributed by atoms with van der Waals surface area (Å²) in [4.78, 5) is 10.5. The summed E-state index contributed by atoms with van der Waals surface area (Å²) in [6.07, 6.45) is 3.35. The molecule has 0 aromatic rings. The summed E-state index contributed by atoms with van der Waals surface area (Å²) in [7, 11) is 1.73. The van der Waals surface area contributed by atoms with Crippen LogP contribution in [0.2, 0.25) is 0 Å². The van der Waals surface area contributed by atoms with Gasteiger partial charge in [-0.05, 0) is 31.1 Å². The van der Waals surface area contributed by atoms with Gasteiger partial charge < -0.3 is 15.6 Å². The summed E-state index contributed by atoms with van der Waals surface area (Å²) >= 11 is 0. The van der Waals surface area contributed by atoms with Gasteiger partial charge in [-0.15, -0.1) is 0 Å². The summed E-state index contributed by atoms with van der Waals surface area (Å²) in [6, 6.07) is -0.206. The Kier molecular flexibility index (Phi) is 4.54. The molecule has 0 aliphatic heterocycles. The molecule has 1 rings (SSSR count). The van der Waals surface area contributed by atoms with Crippen LogP contribution in [0.5, 0.6) is 0 Å². The molecule has 4 nitrogen and oxygen atoms in total. The zero-order valence-electron chi connectivity index (χ0n) is 9.48. The van der Waals surface area contributed by atoms with Gasteiger partial charge in [0.05, 0.1) is 12.5 Å². The van der Waals surface area contributed by atoms with E-state index in [1.807, 2.05) is 0 Å². The molecule has 0 saturated heterocycles. The zero-order chi connectivity index (χ0) is 11.4. The Morgan fingerprint density at radius 3 is 2.73 bits per heavy atom. The first-order chi connectivity index (χ1) is 7.04. The predicted molar refractivity (Wildman–Crippen MR) is 57.5 cm³/mol. The van der Waals surface area contributed by atoms with Crippen LogP contribution in [0.4, 0.5) is 0 Å². The van der Waals surface area contributed by atoms with E-state index in [2.05, 4.69) is 6.92 Å². The molecule has 88 valence electrons. The average molecular weight is 215 g/mol. The number of carbonyl (C=O) groups is 1. The third kappa shape index (κ3) is 3.47. The van der Waals surface area contributed by atoms with Gasteiger partial charge in [0, 0.05) is 13.2 Å². The van der Waals surface area contributed by atoms with Crippen LogP contribution in [-0.4, -0.2) is 30.3 Å². The fourth-order valence-electron chi connectivity index (χ4n) is 2.52. The molecule has 0 amide bonds. The van der Waals surface area contributed by atoms with E-state index in [0.29, 0.717) is 17.9 Å². The summed E-state index contributed by atoms with van der Waals surface area (Å²) in [5.41, 5.74) is 5.88. The van der Waals surface area contributed by atoms with Gasteiger partial charge in [-0.2, -0.15) is 0 Å². The van der Waals surface area contributed by atoms with Crippen LogP contribution < -0.4 is 5.73 Å². The molecule has 0 radical (unpaired) electrons. The average Bonchev–Trinajstić information content (AvgIpc) is 2.16. The lowest BCUT2D eigenvalue weighted by Crippen LogP contribution is -2.39. The number of methoxy groups -OCH3 is 1. The van der Waals surface area contributed by atoms with Crippen molar-refractivity contribution in [2.45, 2.75) is 44.8 Å². The van der Waals surface area contributed by atoms with Gasteiger partial charge in [0.1, 0.15) is 0 Å². The normalized spacial score (nSPS) is 33.7. The Hall–Kier alpha value is -0.610. The van der Waals surface area contributed by atoms with E-state index in [-0.39, 0.29) is 12.5 Å². The molecule has 0 aromatic heterocycles. The molecular formula is C11H21NO3. The van der Waals surface area contributed by atoms with Crippen molar-refractivity contribution in [2.75, 3.05) is 7.11 Å². The summed E-state index contributed by atoms with van der Waals surface area (Å²) < 4.78 is 5.36. The molecular weight excluding hydrogens is 194 g/mol. The molecule has 1 aliphatic carbocycles.